The summed E-state index contributed by atoms with van der Waals surface area (Å²) >= 11 is 0. The van der Waals surface area contributed by atoms with Crippen LogP contribution in [0.2, 0.25) is 0 Å². The summed E-state index contributed by atoms with van der Waals surface area (Å²) in [7, 11) is 2.29. The maximum Gasteiger partial charge on any atom is 0.0147 e. The fraction of sp³-hybridized carbons (Fsp3) is 1.00. The molecule has 0 aromatic rings. The first-order chi connectivity index (χ1) is 7.46. The van der Waals surface area contributed by atoms with Crippen molar-refractivity contribution in [2.75, 3.05) is 26.7 Å². The van der Waals surface area contributed by atoms with Crippen LogP contribution in [0.3, 0.4) is 0 Å². The van der Waals surface area contributed by atoms with E-state index in [9.17, 15) is 0 Å². The predicted octanol–water partition coefficient (Wildman–Crippen LogP) is 2.89. The molecule has 1 aliphatic rings. The zero-order chi connectivity index (χ0) is 12.2. The standard InChI is InChI=1S/C14H30N2/c1-6-8-14(9-10-15-11-14)12-16(5)13(3,4)7-2/h15H,6-12H2,1-5H3. The minimum absolute atomic E-state index is 0.337. The van der Waals surface area contributed by atoms with Crippen LogP contribution in [0.15, 0.2) is 0 Å². The third-order valence-electron chi connectivity index (χ3n) is 4.58. The molecule has 0 aliphatic carbocycles. The molecule has 0 spiro atoms. The number of hydrogen-bond donors (Lipinski definition) is 1. The van der Waals surface area contributed by atoms with E-state index in [1.54, 1.807) is 0 Å². The Hall–Kier alpha value is -0.0800. The van der Waals surface area contributed by atoms with Crippen molar-refractivity contribution in [1.82, 2.24) is 10.2 Å². The second-order valence-electron chi connectivity index (χ2n) is 6.20. The predicted molar refractivity (Wildman–Crippen MR) is 71.8 cm³/mol. The molecule has 0 radical (unpaired) electrons. The van der Waals surface area contributed by atoms with Crippen molar-refractivity contribution >= 4 is 0 Å². The van der Waals surface area contributed by atoms with Crippen LogP contribution in [0.1, 0.15) is 53.4 Å². The summed E-state index contributed by atoms with van der Waals surface area (Å²) in [5.74, 6) is 0. The highest BCUT2D eigenvalue weighted by molar-refractivity contribution is 4.92. The average molecular weight is 226 g/mol. The minimum atomic E-state index is 0.337. The van der Waals surface area contributed by atoms with Gasteiger partial charge in [-0.15, -0.1) is 0 Å². The quantitative estimate of drug-likeness (QED) is 0.749. The van der Waals surface area contributed by atoms with Gasteiger partial charge in [0.1, 0.15) is 0 Å². The molecule has 2 heteroatoms. The summed E-state index contributed by atoms with van der Waals surface area (Å²) in [6, 6.07) is 0. The van der Waals surface area contributed by atoms with Crippen LogP contribution < -0.4 is 5.32 Å². The first-order valence-corrected chi connectivity index (χ1v) is 6.88. The lowest BCUT2D eigenvalue weighted by atomic mass is 9.81. The normalized spacial score (nSPS) is 26.6. The van der Waals surface area contributed by atoms with Gasteiger partial charge in [0.05, 0.1) is 0 Å². The Morgan fingerprint density at radius 1 is 1.31 bits per heavy atom. The molecule has 1 unspecified atom stereocenters. The summed E-state index contributed by atoms with van der Waals surface area (Å²) < 4.78 is 0. The lowest BCUT2D eigenvalue weighted by molar-refractivity contribution is 0.0849. The Balaban J connectivity index is 2.61. The van der Waals surface area contributed by atoms with E-state index in [-0.39, 0.29) is 0 Å². The molecule has 0 amide bonds. The largest absolute Gasteiger partial charge is 0.316 e. The molecular weight excluding hydrogens is 196 g/mol. The molecule has 1 N–H and O–H groups in total. The maximum atomic E-state index is 3.55. The Morgan fingerprint density at radius 2 is 2.00 bits per heavy atom. The molecule has 0 saturated carbocycles. The fourth-order valence-corrected chi connectivity index (χ4v) is 2.74. The SMILES string of the molecule is CCCC1(CN(C)C(C)(C)CC)CCNC1. The summed E-state index contributed by atoms with van der Waals surface area (Å²) in [6.45, 7) is 13.0. The van der Waals surface area contributed by atoms with Crippen molar-refractivity contribution in [2.45, 2.75) is 58.9 Å². The van der Waals surface area contributed by atoms with Crippen LogP contribution >= 0.6 is 0 Å². The molecule has 1 rings (SSSR count). The third-order valence-corrected chi connectivity index (χ3v) is 4.58. The van der Waals surface area contributed by atoms with Crippen molar-refractivity contribution in [1.29, 1.82) is 0 Å². The summed E-state index contributed by atoms with van der Waals surface area (Å²) in [5, 5.41) is 3.55. The highest BCUT2D eigenvalue weighted by Crippen LogP contribution is 2.34. The molecule has 1 fully saturated rings. The van der Waals surface area contributed by atoms with E-state index in [2.05, 4.69) is 45.0 Å². The van der Waals surface area contributed by atoms with Gasteiger partial charge in [-0.05, 0) is 52.1 Å². The monoisotopic (exact) mass is 226 g/mol. The second kappa shape index (κ2) is 5.50. The summed E-state index contributed by atoms with van der Waals surface area (Å²) in [4.78, 5) is 2.57. The lowest BCUT2D eigenvalue weighted by Gasteiger charge is -2.41. The summed E-state index contributed by atoms with van der Waals surface area (Å²) in [6.07, 6.45) is 5.25. The molecular formula is C14H30N2. The van der Waals surface area contributed by atoms with Gasteiger partial charge in [-0.25, -0.2) is 0 Å². The van der Waals surface area contributed by atoms with E-state index in [0.29, 0.717) is 11.0 Å². The number of nitrogens with zero attached hydrogens (tertiary/aromatic N) is 1. The van der Waals surface area contributed by atoms with Crippen LogP contribution in [-0.4, -0.2) is 37.1 Å². The molecule has 0 aromatic heterocycles. The van der Waals surface area contributed by atoms with Gasteiger partial charge >= 0.3 is 0 Å². The van der Waals surface area contributed by atoms with Gasteiger partial charge in [-0.1, -0.05) is 20.3 Å². The number of hydrogen-bond acceptors (Lipinski definition) is 2. The third kappa shape index (κ3) is 3.21. The summed E-state index contributed by atoms with van der Waals surface area (Å²) in [5.41, 5.74) is 0.874. The topological polar surface area (TPSA) is 15.3 Å². The Labute approximate surface area is 102 Å². The Kier molecular flexibility index (Phi) is 4.81. The first-order valence-electron chi connectivity index (χ1n) is 6.88. The first kappa shape index (κ1) is 14.0. The zero-order valence-electron chi connectivity index (χ0n) is 11.9. The molecule has 1 atom stereocenters. The van der Waals surface area contributed by atoms with Crippen molar-refractivity contribution in [3.63, 3.8) is 0 Å². The van der Waals surface area contributed by atoms with Crippen molar-refractivity contribution < 1.29 is 0 Å². The molecule has 0 aromatic carbocycles. The minimum Gasteiger partial charge on any atom is -0.316 e. The highest BCUT2D eigenvalue weighted by Gasteiger charge is 2.36. The second-order valence-corrected chi connectivity index (χ2v) is 6.20. The van der Waals surface area contributed by atoms with Crippen LogP contribution in [-0.2, 0) is 0 Å². The van der Waals surface area contributed by atoms with Gasteiger partial charge in [0, 0.05) is 18.6 Å². The highest BCUT2D eigenvalue weighted by atomic mass is 15.2. The maximum absolute atomic E-state index is 3.55. The van der Waals surface area contributed by atoms with Gasteiger partial charge in [-0.3, -0.25) is 0 Å². The molecule has 2 nitrogen and oxygen atoms in total. The molecule has 16 heavy (non-hydrogen) atoms. The van der Waals surface area contributed by atoms with Gasteiger partial charge in [0.15, 0.2) is 0 Å². The molecule has 0 bridgehead atoms. The van der Waals surface area contributed by atoms with E-state index in [0.717, 1.165) is 0 Å². The van der Waals surface area contributed by atoms with Gasteiger partial charge in [-0.2, -0.15) is 0 Å². The number of nitrogens with one attached hydrogen (secondary N) is 1. The van der Waals surface area contributed by atoms with Gasteiger partial charge in [0.2, 0.25) is 0 Å². The van der Waals surface area contributed by atoms with E-state index in [1.165, 1.54) is 45.3 Å². The van der Waals surface area contributed by atoms with Crippen molar-refractivity contribution in [2.24, 2.45) is 5.41 Å². The van der Waals surface area contributed by atoms with Crippen molar-refractivity contribution in [3.8, 4) is 0 Å². The van der Waals surface area contributed by atoms with Crippen LogP contribution in [0.5, 0.6) is 0 Å². The van der Waals surface area contributed by atoms with E-state index in [4.69, 9.17) is 0 Å². The molecule has 1 heterocycles. The van der Waals surface area contributed by atoms with Gasteiger partial charge < -0.3 is 10.2 Å². The van der Waals surface area contributed by atoms with Crippen LogP contribution in [0, 0.1) is 5.41 Å². The Morgan fingerprint density at radius 3 is 2.44 bits per heavy atom. The molecule has 1 saturated heterocycles. The van der Waals surface area contributed by atoms with Crippen LogP contribution in [0.4, 0.5) is 0 Å². The van der Waals surface area contributed by atoms with Crippen LogP contribution in [0.25, 0.3) is 0 Å². The lowest BCUT2D eigenvalue weighted by Crippen LogP contribution is -2.47. The smallest absolute Gasteiger partial charge is 0.0147 e. The van der Waals surface area contributed by atoms with E-state index >= 15 is 0 Å². The van der Waals surface area contributed by atoms with Gasteiger partial charge in [0.25, 0.3) is 0 Å². The van der Waals surface area contributed by atoms with E-state index < -0.39 is 0 Å². The number of rotatable bonds is 6. The van der Waals surface area contributed by atoms with Crippen molar-refractivity contribution in [3.05, 3.63) is 0 Å². The fourth-order valence-electron chi connectivity index (χ4n) is 2.74. The zero-order valence-corrected chi connectivity index (χ0v) is 11.9. The average Bonchev–Trinajstić information content (AvgIpc) is 2.67. The molecule has 96 valence electrons. The molecule has 1 aliphatic heterocycles. The van der Waals surface area contributed by atoms with E-state index in [1.807, 2.05) is 0 Å². The Bertz CT molecular complexity index is 205.